The number of carbonyl (C=O) groups is 1. The Morgan fingerprint density at radius 2 is 2.13 bits per heavy atom. The first-order valence-electron chi connectivity index (χ1n) is 9.92. The van der Waals surface area contributed by atoms with E-state index in [0.29, 0.717) is 18.0 Å². The first-order valence-corrected chi connectivity index (χ1v) is 9.92. The SMILES string of the molecule is O=C(c1cc(COc2cccc3cnccc23)on1)N1CCCC1c1ccccn1. The maximum absolute atomic E-state index is 13.0. The Balaban J connectivity index is 1.30. The fourth-order valence-corrected chi connectivity index (χ4v) is 3.89. The van der Waals surface area contributed by atoms with Crippen molar-refractivity contribution in [3.63, 3.8) is 0 Å². The minimum absolute atomic E-state index is 0.0283. The van der Waals surface area contributed by atoms with E-state index in [1.807, 2.05) is 47.4 Å². The predicted octanol–water partition coefficient (Wildman–Crippen LogP) is 4.17. The van der Waals surface area contributed by atoms with E-state index in [0.717, 1.165) is 35.1 Å². The van der Waals surface area contributed by atoms with E-state index in [1.54, 1.807) is 24.7 Å². The quantitative estimate of drug-likeness (QED) is 0.500. The van der Waals surface area contributed by atoms with Gasteiger partial charge in [-0.3, -0.25) is 14.8 Å². The number of aromatic nitrogens is 3. The zero-order valence-electron chi connectivity index (χ0n) is 16.3. The molecule has 0 N–H and O–H groups in total. The molecule has 5 rings (SSSR count). The van der Waals surface area contributed by atoms with E-state index < -0.39 is 0 Å². The lowest BCUT2D eigenvalue weighted by Gasteiger charge is -2.23. The molecule has 0 aliphatic carbocycles. The summed E-state index contributed by atoms with van der Waals surface area (Å²) in [6.07, 6.45) is 7.12. The van der Waals surface area contributed by atoms with Crippen molar-refractivity contribution < 1.29 is 14.1 Å². The van der Waals surface area contributed by atoms with Crippen molar-refractivity contribution in [3.05, 3.63) is 84.3 Å². The van der Waals surface area contributed by atoms with Gasteiger partial charge in [0.05, 0.1) is 11.7 Å². The number of likely N-dealkylation sites (tertiary alicyclic amines) is 1. The summed E-state index contributed by atoms with van der Waals surface area (Å²) < 4.78 is 11.3. The van der Waals surface area contributed by atoms with E-state index in [9.17, 15) is 4.79 Å². The van der Waals surface area contributed by atoms with Crippen LogP contribution in [0.1, 0.15) is 40.8 Å². The lowest BCUT2D eigenvalue weighted by Crippen LogP contribution is -2.31. The van der Waals surface area contributed by atoms with Crippen molar-refractivity contribution in [2.75, 3.05) is 6.54 Å². The maximum atomic E-state index is 13.0. The summed E-state index contributed by atoms with van der Waals surface area (Å²) in [5.41, 5.74) is 1.19. The highest BCUT2D eigenvalue weighted by atomic mass is 16.5. The molecule has 150 valence electrons. The van der Waals surface area contributed by atoms with Gasteiger partial charge in [0.25, 0.3) is 5.91 Å². The molecule has 1 fully saturated rings. The molecule has 0 spiro atoms. The highest BCUT2D eigenvalue weighted by Crippen LogP contribution is 2.32. The van der Waals surface area contributed by atoms with E-state index in [-0.39, 0.29) is 18.6 Å². The first-order chi connectivity index (χ1) is 14.8. The van der Waals surface area contributed by atoms with Crippen LogP contribution < -0.4 is 4.74 Å². The van der Waals surface area contributed by atoms with Crippen molar-refractivity contribution in [1.82, 2.24) is 20.0 Å². The van der Waals surface area contributed by atoms with Crippen molar-refractivity contribution in [2.45, 2.75) is 25.5 Å². The fraction of sp³-hybridized carbons (Fsp3) is 0.217. The Bertz CT molecular complexity index is 1170. The Hall–Kier alpha value is -3.74. The van der Waals surface area contributed by atoms with Gasteiger partial charge in [0.1, 0.15) is 12.4 Å². The average molecular weight is 400 g/mol. The van der Waals surface area contributed by atoms with Gasteiger partial charge in [-0.25, -0.2) is 0 Å². The fourth-order valence-electron chi connectivity index (χ4n) is 3.89. The van der Waals surface area contributed by atoms with Crippen molar-refractivity contribution >= 4 is 16.7 Å². The third-order valence-corrected chi connectivity index (χ3v) is 5.33. The minimum atomic E-state index is -0.144. The van der Waals surface area contributed by atoms with E-state index in [2.05, 4.69) is 15.1 Å². The summed E-state index contributed by atoms with van der Waals surface area (Å²) >= 11 is 0. The van der Waals surface area contributed by atoms with E-state index in [4.69, 9.17) is 9.26 Å². The molecule has 3 aromatic heterocycles. The lowest BCUT2D eigenvalue weighted by atomic mass is 10.1. The van der Waals surface area contributed by atoms with Crippen LogP contribution in [0, 0.1) is 0 Å². The third kappa shape index (κ3) is 3.50. The number of amides is 1. The number of nitrogens with zero attached hydrogens (tertiary/aromatic N) is 4. The van der Waals surface area contributed by atoms with Crippen molar-refractivity contribution in [2.24, 2.45) is 0 Å². The van der Waals surface area contributed by atoms with Crippen molar-refractivity contribution in [1.29, 1.82) is 0 Å². The Morgan fingerprint density at radius 3 is 3.03 bits per heavy atom. The van der Waals surface area contributed by atoms with Gasteiger partial charge >= 0.3 is 0 Å². The van der Waals surface area contributed by atoms with Gasteiger partial charge in [0.15, 0.2) is 11.5 Å². The Morgan fingerprint density at radius 1 is 1.17 bits per heavy atom. The van der Waals surface area contributed by atoms with Gasteiger partial charge in [0, 0.05) is 42.0 Å². The number of pyridine rings is 2. The van der Waals surface area contributed by atoms with Gasteiger partial charge in [-0.1, -0.05) is 23.4 Å². The normalized spacial score (nSPS) is 16.1. The molecule has 0 radical (unpaired) electrons. The molecule has 7 nitrogen and oxygen atoms in total. The Kier molecular flexibility index (Phi) is 4.85. The average Bonchev–Trinajstić information content (AvgIpc) is 3.48. The molecule has 1 aromatic carbocycles. The zero-order chi connectivity index (χ0) is 20.3. The second-order valence-corrected chi connectivity index (χ2v) is 7.23. The highest BCUT2D eigenvalue weighted by Gasteiger charge is 2.32. The monoisotopic (exact) mass is 400 g/mol. The van der Waals surface area contributed by atoms with Crippen LogP contribution in [0.4, 0.5) is 0 Å². The van der Waals surface area contributed by atoms with E-state index in [1.165, 1.54) is 0 Å². The summed E-state index contributed by atoms with van der Waals surface area (Å²) in [4.78, 5) is 23.4. The van der Waals surface area contributed by atoms with Crippen LogP contribution in [0.2, 0.25) is 0 Å². The van der Waals surface area contributed by atoms with Crippen LogP contribution in [0.25, 0.3) is 10.8 Å². The van der Waals surface area contributed by atoms with Gasteiger partial charge < -0.3 is 14.2 Å². The highest BCUT2D eigenvalue weighted by molar-refractivity contribution is 5.92. The second-order valence-electron chi connectivity index (χ2n) is 7.23. The molecule has 4 heterocycles. The Labute approximate surface area is 173 Å². The molecule has 1 unspecified atom stereocenters. The van der Waals surface area contributed by atoms with Crippen LogP contribution in [0.5, 0.6) is 5.75 Å². The molecule has 30 heavy (non-hydrogen) atoms. The van der Waals surface area contributed by atoms with Crippen LogP contribution in [0.3, 0.4) is 0 Å². The van der Waals surface area contributed by atoms with Gasteiger partial charge in [-0.2, -0.15) is 0 Å². The van der Waals surface area contributed by atoms with Crippen LogP contribution >= 0.6 is 0 Å². The number of rotatable bonds is 5. The molecule has 4 aromatic rings. The zero-order valence-corrected chi connectivity index (χ0v) is 16.3. The summed E-state index contributed by atoms with van der Waals surface area (Å²) in [5.74, 6) is 1.08. The standard InChI is InChI=1S/C23H20N4O3/c28-23(27-12-4-7-21(27)19-6-1-2-10-25-19)20-13-17(30-26-20)15-29-22-8-3-5-16-14-24-11-9-18(16)22/h1-3,5-6,8-11,13-14,21H,4,7,12,15H2. The first kappa shape index (κ1) is 18.3. The second kappa shape index (κ2) is 7.94. The number of carbonyl (C=O) groups excluding carboxylic acids is 1. The van der Waals surface area contributed by atoms with Gasteiger partial charge in [-0.15, -0.1) is 0 Å². The van der Waals surface area contributed by atoms with Gasteiger partial charge in [0.2, 0.25) is 0 Å². The minimum Gasteiger partial charge on any atom is -0.485 e. The molecule has 7 heteroatoms. The van der Waals surface area contributed by atoms with E-state index >= 15 is 0 Å². The number of hydrogen-bond acceptors (Lipinski definition) is 6. The van der Waals surface area contributed by atoms with Crippen LogP contribution in [0.15, 0.2) is 71.6 Å². The number of fused-ring (bicyclic) bond motifs is 1. The predicted molar refractivity (Wildman–Crippen MR) is 110 cm³/mol. The molecule has 1 aliphatic rings. The van der Waals surface area contributed by atoms with Crippen molar-refractivity contribution in [3.8, 4) is 5.75 Å². The molecular formula is C23H20N4O3. The maximum Gasteiger partial charge on any atom is 0.276 e. The molecular weight excluding hydrogens is 380 g/mol. The van der Waals surface area contributed by atoms with Gasteiger partial charge in [-0.05, 0) is 37.1 Å². The molecule has 1 aliphatic heterocycles. The summed E-state index contributed by atoms with van der Waals surface area (Å²) in [6.45, 7) is 0.869. The van der Waals surface area contributed by atoms with Crippen LogP contribution in [-0.2, 0) is 6.61 Å². The van der Waals surface area contributed by atoms with Crippen LogP contribution in [-0.4, -0.2) is 32.5 Å². The largest absolute Gasteiger partial charge is 0.485 e. The third-order valence-electron chi connectivity index (χ3n) is 5.33. The number of hydrogen-bond donors (Lipinski definition) is 0. The number of ether oxygens (including phenoxy) is 1. The molecule has 1 atom stereocenters. The molecule has 0 saturated carbocycles. The molecule has 1 amide bonds. The molecule has 1 saturated heterocycles. The number of benzene rings is 1. The lowest BCUT2D eigenvalue weighted by molar-refractivity contribution is 0.0722. The smallest absolute Gasteiger partial charge is 0.276 e. The topological polar surface area (TPSA) is 81.3 Å². The summed E-state index contributed by atoms with van der Waals surface area (Å²) in [6, 6.07) is 15.1. The summed E-state index contributed by atoms with van der Waals surface area (Å²) in [7, 11) is 0. The summed E-state index contributed by atoms with van der Waals surface area (Å²) in [5, 5.41) is 5.96. The molecule has 0 bridgehead atoms.